The Morgan fingerprint density at radius 3 is 2.59 bits per heavy atom. The van der Waals surface area contributed by atoms with Crippen LogP contribution in [0, 0.1) is 0 Å². The van der Waals surface area contributed by atoms with E-state index in [1.54, 1.807) is 24.3 Å². The molecule has 4 rings (SSSR count). The second-order valence-electron chi connectivity index (χ2n) is 6.91. The molecule has 1 aliphatic heterocycles. The van der Waals surface area contributed by atoms with Crippen molar-refractivity contribution in [3.8, 4) is 0 Å². The lowest BCUT2D eigenvalue weighted by Crippen LogP contribution is -2.44. The number of hydrogen-bond donors (Lipinski definition) is 1. The van der Waals surface area contributed by atoms with E-state index in [1.165, 1.54) is 0 Å². The Hall–Kier alpha value is -2.67. The third kappa shape index (κ3) is 4.50. The number of rotatable bonds is 5. The standard InChI is InChI=1S/C22H21ClN2O4/c23-17-7-5-15(6-8-17)19(25-9-11-28-12-10-25)14-24-21(26)18-13-16-3-1-2-4-20(16)29-22(18)27/h1-8,13,19H,9-12,14H2,(H,24,26)/t19-/m0/s1. The highest BCUT2D eigenvalue weighted by Crippen LogP contribution is 2.23. The maximum Gasteiger partial charge on any atom is 0.349 e. The number of amides is 1. The summed E-state index contributed by atoms with van der Waals surface area (Å²) in [6.07, 6.45) is 0. The van der Waals surface area contributed by atoms with Gasteiger partial charge in [0.05, 0.1) is 19.3 Å². The Kier molecular flexibility index (Phi) is 5.94. The van der Waals surface area contributed by atoms with Crippen LogP contribution in [0.15, 0.2) is 63.8 Å². The van der Waals surface area contributed by atoms with Gasteiger partial charge in [-0.2, -0.15) is 0 Å². The molecule has 0 bridgehead atoms. The number of hydrogen-bond acceptors (Lipinski definition) is 5. The summed E-state index contributed by atoms with van der Waals surface area (Å²) in [7, 11) is 0. The number of carbonyl (C=O) groups excluding carboxylic acids is 1. The van der Waals surface area contributed by atoms with E-state index < -0.39 is 11.5 Å². The van der Waals surface area contributed by atoms with E-state index in [0.717, 1.165) is 18.7 Å². The van der Waals surface area contributed by atoms with E-state index >= 15 is 0 Å². The molecule has 2 heterocycles. The largest absolute Gasteiger partial charge is 0.422 e. The highest BCUT2D eigenvalue weighted by Gasteiger charge is 2.24. The molecule has 1 aliphatic rings. The molecule has 1 fully saturated rings. The van der Waals surface area contributed by atoms with Crippen molar-refractivity contribution in [2.75, 3.05) is 32.8 Å². The zero-order valence-electron chi connectivity index (χ0n) is 15.8. The molecule has 7 heteroatoms. The van der Waals surface area contributed by atoms with Crippen LogP contribution in [0.25, 0.3) is 11.0 Å². The van der Waals surface area contributed by atoms with Crippen molar-refractivity contribution in [3.05, 3.63) is 81.2 Å². The Bertz CT molecular complexity index is 1060. The zero-order chi connectivity index (χ0) is 20.2. The molecule has 1 N–H and O–H groups in total. The van der Waals surface area contributed by atoms with Crippen molar-refractivity contribution in [1.29, 1.82) is 0 Å². The number of para-hydroxylation sites is 1. The van der Waals surface area contributed by atoms with Crippen LogP contribution in [0.1, 0.15) is 22.0 Å². The Morgan fingerprint density at radius 1 is 1.10 bits per heavy atom. The number of morpholine rings is 1. The van der Waals surface area contributed by atoms with Gasteiger partial charge >= 0.3 is 5.63 Å². The van der Waals surface area contributed by atoms with Gasteiger partial charge in [-0.25, -0.2) is 4.79 Å². The van der Waals surface area contributed by atoms with E-state index in [9.17, 15) is 9.59 Å². The molecule has 0 spiro atoms. The lowest BCUT2D eigenvalue weighted by Gasteiger charge is -2.35. The molecular weight excluding hydrogens is 392 g/mol. The van der Waals surface area contributed by atoms with Gasteiger partial charge in [-0.3, -0.25) is 9.69 Å². The van der Waals surface area contributed by atoms with Crippen molar-refractivity contribution >= 4 is 28.5 Å². The molecule has 3 aromatic rings. The lowest BCUT2D eigenvalue weighted by molar-refractivity contribution is 0.0162. The molecule has 1 saturated heterocycles. The van der Waals surface area contributed by atoms with Crippen molar-refractivity contribution < 1.29 is 13.9 Å². The molecule has 6 nitrogen and oxygen atoms in total. The van der Waals surface area contributed by atoms with E-state index in [1.807, 2.05) is 30.3 Å². The maximum absolute atomic E-state index is 12.7. The predicted molar refractivity (Wildman–Crippen MR) is 111 cm³/mol. The summed E-state index contributed by atoms with van der Waals surface area (Å²) >= 11 is 6.03. The minimum Gasteiger partial charge on any atom is -0.422 e. The normalized spacial score (nSPS) is 15.9. The molecule has 2 aromatic carbocycles. The van der Waals surface area contributed by atoms with Gasteiger partial charge in [0.1, 0.15) is 11.1 Å². The third-order valence-corrected chi connectivity index (χ3v) is 5.34. The summed E-state index contributed by atoms with van der Waals surface area (Å²) in [5.74, 6) is -0.447. The molecule has 0 radical (unpaired) electrons. The number of nitrogens with one attached hydrogen (secondary N) is 1. The first-order chi connectivity index (χ1) is 14.1. The van der Waals surface area contributed by atoms with E-state index in [0.29, 0.717) is 35.8 Å². The number of carbonyl (C=O) groups is 1. The van der Waals surface area contributed by atoms with Crippen LogP contribution in [-0.2, 0) is 4.74 Å². The fourth-order valence-corrected chi connectivity index (χ4v) is 3.66. The SMILES string of the molecule is O=C(NC[C@@H](c1ccc(Cl)cc1)N1CCOCC1)c1cc2ccccc2oc1=O. The highest BCUT2D eigenvalue weighted by atomic mass is 35.5. The average molecular weight is 413 g/mol. The Morgan fingerprint density at radius 2 is 1.83 bits per heavy atom. The summed E-state index contributed by atoms with van der Waals surface area (Å²) in [4.78, 5) is 27.3. The zero-order valence-corrected chi connectivity index (χ0v) is 16.5. The van der Waals surface area contributed by atoms with Crippen LogP contribution >= 0.6 is 11.6 Å². The number of fused-ring (bicyclic) bond motifs is 1. The molecule has 0 unspecified atom stereocenters. The fraction of sp³-hybridized carbons (Fsp3) is 0.273. The minimum atomic E-state index is -0.643. The van der Waals surface area contributed by atoms with Crippen LogP contribution in [0.5, 0.6) is 0 Å². The molecule has 0 aliphatic carbocycles. The number of nitrogens with zero attached hydrogens (tertiary/aromatic N) is 1. The summed E-state index contributed by atoms with van der Waals surface area (Å²) < 4.78 is 10.7. The molecular formula is C22H21ClN2O4. The quantitative estimate of drug-likeness (QED) is 0.651. The molecule has 0 saturated carbocycles. The summed E-state index contributed by atoms with van der Waals surface area (Å²) in [5.41, 5.74) is 0.861. The summed E-state index contributed by atoms with van der Waals surface area (Å²) in [6, 6.07) is 16.2. The molecule has 150 valence electrons. The number of ether oxygens (including phenoxy) is 1. The number of benzene rings is 2. The smallest absolute Gasteiger partial charge is 0.349 e. The Labute approximate surface area is 173 Å². The first-order valence-corrected chi connectivity index (χ1v) is 9.88. The van der Waals surface area contributed by atoms with Gasteiger partial charge in [-0.1, -0.05) is 41.9 Å². The van der Waals surface area contributed by atoms with Crippen LogP contribution in [0.3, 0.4) is 0 Å². The van der Waals surface area contributed by atoms with Gasteiger partial charge in [-0.15, -0.1) is 0 Å². The molecule has 29 heavy (non-hydrogen) atoms. The first-order valence-electron chi connectivity index (χ1n) is 9.50. The fourth-order valence-electron chi connectivity index (χ4n) is 3.54. The van der Waals surface area contributed by atoms with E-state index in [4.69, 9.17) is 20.8 Å². The van der Waals surface area contributed by atoms with Gasteiger partial charge in [-0.05, 0) is 29.8 Å². The van der Waals surface area contributed by atoms with Crippen molar-refractivity contribution in [1.82, 2.24) is 10.2 Å². The van der Waals surface area contributed by atoms with Crippen LogP contribution in [0.2, 0.25) is 5.02 Å². The monoisotopic (exact) mass is 412 g/mol. The van der Waals surface area contributed by atoms with Gasteiger partial charge in [0.2, 0.25) is 0 Å². The minimum absolute atomic E-state index is 0.000494. The van der Waals surface area contributed by atoms with Gasteiger partial charge in [0.15, 0.2) is 0 Å². The van der Waals surface area contributed by atoms with Crippen molar-refractivity contribution in [2.45, 2.75) is 6.04 Å². The van der Waals surface area contributed by atoms with E-state index in [2.05, 4.69) is 10.2 Å². The highest BCUT2D eigenvalue weighted by molar-refractivity contribution is 6.30. The van der Waals surface area contributed by atoms with Crippen molar-refractivity contribution in [3.63, 3.8) is 0 Å². The average Bonchev–Trinajstić information content (AvgIpc) is 2.75. The van der Waals surface area contributed by atoms with Gasteiger partial charge in [0, 0.05) is 30.0 Å². The van der Waals surface area contributed by atoms with Crippen molar-refractivity contribution in [2.24, 2.45) is 0 Å². The maximum atomic E-state index is 12.7. The van der Waals surface area contributed by atoms with E-state index in [-0.39, 0.29) is 11.6 Å². The third-order valence-electron chi connectivity index (χ3n) is 5.08. The Balaban J connectivity index is 1.55. The summed E-state index contributed by atoms with van der Waals surface area (Å²) in [6.45, 7) is 3.17. The lowest BCUT2D eigenvalue weighted by atomic mass is 10.0. The van der Waals surface area contributed by atoms with Crippen LogP contribution < -0.4 is 10.9 Å². The van der Waals surface area contributed by atoms with Crippen LogP contribution in [-0.4, -0.2) is 43.7 Å². The molecule has 1 amide bonds. The van der Waals surface area contributed by atoms with Gasteiger partial charge < -0.3 is 14.5 Å². The molecule has 1 atom stereocenters. The van der Waals surface area contributed by atoms with Gasteiger partial charge in [0.25, 0.3) is 5.91 Å². The number of halogens is 1. The molecule has 1 aromatic heterocycles. The topological polar surface area (TPSA) is 71.8 Å². The summed E-state index contributed by atoms with van der Waals surface area (Å²) in [5, 5.41) is 4.27. The first kappa shape index (κ1) is 19.6. The second-order valence-corrected chi connectivity index (χ2v) is 7.35. The predicted octanol–water partition coefficient (Wildman–Crippen LogP) is 3.25. The van der Waals surface area contributed by atoms with Crippen LogP contribution in [0.4, 0.5) is 0 Å². The second kappa shape index (κ2) is 8.78.